The molecular weight excluding hydrogens is 432 g/mol. The Kier molecular flexibility index (Phi) is 6.92. The summed E-state index contributed by atoms with van der Waals surface area (Å²) in [5.41, 5.74) is 10.2. The van der Waals surface area contributed by atoms with Gasteiger partial charge in [-0.1, -0.05) is 29.8 Å². The topological polar surface area (TPSA) is 81.4 Å². The first kappa shape index (κ1) is 22.6. The Morgan fingerprint density at radius 2 is 2.00 bits per heavy atom. The van der Waals surface area contributed by atoms with E-state index in [0.29, 0.717) is 12.5 Å². The predicted octanol–water partition coefficient (Wildman–Crippen LogP) is 4.04. The third-order valence-corrected chi connectivity index (χ3v) is 8.78. The molecule has 0 spiro atoms. The van der Waals surface area contributed by atoms with Crippen LogP contribution in [0, 0.1) is 5.92 Å². The van der Waals surface area contributed by atoms with E-state index in [-0.39, 0.29) is 23.8 Å². The van der Waals surface area contributed by atoms with E-state index in [0.717, 1.165) is 42.9 Å². The van der Waals surface area contributed by atoms with Gasteiger partial charge >= 0.3 is 0 Å². The Morgan fingerprint density at radius 3 is 2.74 bits per heavy atom. The molecule has 2 aliphatic rings. The van der Waals surface area contributed by atoms with E-state index in [1.807, 2.05) is 24.3 Å². The minimum atomic E-state index is -3.28. The first-order valence-corrected chi connectivity index (χ1v) is 13.0. The second-order valence-corrected chi connectivity index (χ2v) is 11.4. The molecule has 31 heavy (non-hydrogen) atoms. The maximum absolute atomic E-state index is 12.3. The van der Waals surface area contributed by atoms with Gasteiger partial charge in [-0.15, -0.1) is 0 Å². The van der Waals surface area contributed by atoms with Gasteiger partial charge < -0.3 is 10.5 Å². The summed E-state index contributed by atoms with van der Waals surface area (Å²) in [7, 11) is -3.28. The van der Waals surface area contributed by atoms with Crippen LogP contribution in [0.1, 0.15) is 48.8 Å². The summed E-state index contributed by atoms with van der Waals surface area (Å²) >= 11 is 6.17. The van der Waals surface area contributed by atoms with E-state index in [4.69, 9.17) is 22.1 Å². The molecule has 7 heteroatoms. The van der Waals surface area contributed by atoms with Gasteiger partial charge in [0, 0.05) is 23.5 Å². The Labute approximate surface area is 190 Å². The molecule has 168 valence electrons. The summed E-state index contributed by atoms with van der Waals surface area (Å²) in [4.78, 5) is 0. The monoisotopic (exact) mass is 462 g/mol. The Morgan fingerprint density at radius 1 is 1.19 bits per heavy atom. The normalized spacial score (nSPS) is 22.0. The van der Waals surface area contributed by atoms with Crippen LogP contribution < -0.4 is 15.2 Å². The van der Waals surface area contributed by atoms with E-state index in [1.54, 1.807) is 6.92 Å². The zero-order valence-corrected chi connectivity index (χ0v) is 19.5. The first-order chi connectivity index (χ1) is 14.8. The minimum absolute atomic E-state index is 0.0810. The number of benzene rings is 2. The van der Waals surface area contributed by atoms with Gasteiger partial charge in [0.05, 0.1) is 5.25 Å². The van der Waals surface area contributed by atoms with E-state index < -0.39 is 10.0 Å². The van der Waals surface area contributed by atoms with Gasteiger partial charge in [0.1, 0.15) is 12.4 Å². The highest BCUT2D eigenvalue weighted by atomic mass is 35.5. The van der Waals surface area contributed by atoms with Crippen LogP contribution >= 0.6 is 11.6 Å². The van der Waals surface area contributed by atoms with Crippen LogP contribution in [0.3, 0.4) is 0 Å². The quantitative estimate of drug-likeness (QED) is 0.551. The Balaban J connectivity index is 1.40. The summed E-state index contributed by atoms with van der Waals surface area (Å²) in [5.74, 6) is 1.25. The van der Waals surface area contributed by atoms with Gasteiger partial charge in [-0.2, -0.15) is 0 Å². The zero-order chi connectivity index (χ0) is 22.0. The van der Waals surface area contributed by atoms with E-state index in [2.05, 4.69) is 22.9 Å². The number of sulfonamides is 1. The molecule has 0 saturated heterocycles. The van der Waals surface area contributed by atoms with Gasteiger partial charge in [-0.05, 0) is 85.9 Å². The molecule has 4 rings (SSSR count). The van der Waals surface area contributed by atoms with Crippen molar-refractivity contribution in [2.24, 2.45) is 11.7 Å². The minimum Gasteiger partial charge on any atom is -0.492 e. The lowest BCUT2D eigenvalue weighted by Gasteiger charge is -2.32. The molecule has 0 aromatic heterocycles. The molecule has 0 radical (unpaired) electrons. The van der Waals surface area contributed by atoms with Gasteiger partial charge in [0.2, 0.25) is 10.0 Å². The SMILES string of the molecule is CC(C1CC1)S(=O)(=O)NCCOc1ccc2c(c1)C(Cc1cccc(Cl)c1)C(N)CC2. The lowest BCUT2D eigenvalue weighted by Crippen LogP contribution is -2.36. The highest BCUT2D eigenvalue weighted by Crippen LogP contribution is 2.37. The van der Waals surface area contributed by atoms with E-state index in [1.165, 1.54) is 16.7 Å². The summed E-state index contributed by atoms with van der Waals surface area (Å²) < 4.78 is 33.2. The molecule has 3 atom stereocenters. The molecule has 2 aliphatic carbocycles. The molecule has 0 aliphatic heterocycles. The molecule has 1 saturated carbocycles. The summed E-state index contributed by atoms with van der Waals surface area (Å²) in [6, 6.07) is 14.2. The molecule has 2 aromatic rings. The van der Waals surface area contributed by atoms with Crippen molar-refractivity contribution >= 4 is 21.6 Å². The van der Waals surface area contributed by atoms with Crippen LogP contribution in [-0.2, 0) is 22.9 Å². The number of fused-ring (bicyclic) bond motifs is 1. The van der Waals surface area contributed by atoms with Crippen molar-refractivity contribution < 1.29 is 13.2 Å². The molecular formula is C24H31ClN2O3S. The molecule has 3 unspecified atom stereocenters. The van der Waals surface area contributed by atoms with E-state index >= 15 is 0 Å². The third kappa shape index (κ3) is 5.61. The van der Waals surface area contributed by atoms with Gasteiger partial charge in [0.15, 0.2) is 0 Å². The van der Waals surface area contributed by atoms with Gasteiger partial charge in [0.25, 0.3) is 0 Å². The Bertz CT molecular complexity index is 1020. The van der Waals surface area contributed by atoms with Crippen LogP contribution in [0.2, 0.25) is 5.02 Å². The first-order valence-electron chi connectivity index (χ1n) is 11.1. The van der Waals surface area contributed by atoms with Crippen molar-refractivity contribution in [3.63, 3.8) is 0 Å². The van der Waals surface area contributed by atoms with Gasteiger partial charge in [-0.25, -0.2) is 13.1 Å². The van der Waals surface area contributed by atoms with Crippen molar-refractivity contribution in [3.05, 3.63) is 64.2 Å². The lowest BCUT2D eigenvalue weighted by atomic mass is 9.76. The zero-order valence-electron chi connectivity index (χ0n) is 17.9. The van der Waals surface area contributed by atoms with Crippen LogP contribution in [0.15, 0.2) is 42.5 Å². The number of halogens is 1. The molecule has 1 fully saturated rings. The highest BCUT2D eigenvalue weighted by Gasteiger charge is 2.36. The number of hydrogen-bond acceptors (Lipinski definition) is 4. The molecule has 0 amide bonds. The second kappa shape index (κ2) is 9.49. The fraction of sp³-hybridized carbons (Fsp3) is 0.500. The van der Waals surface area contributed by atoms with Crippen molar-refractivity contribution in [3.8, 4) is 5.75 Å². The number of nitrogens with two attached hydrogens (primary N) is 1. The maximum Gasteiger partial charge on any atom is 0.214 e. The largest absolute Gasteiger partial charge is 0.492 e. The summed E-state index contributed by atoms with van der Waals surface area (Å²) in [6.07, 6.45) is 4.76. The number of aryl methyl sites for hydroxylation is 1. The predicted molar refractivity (Wildman–Crippen MR) is 125 cm³/mol. The van der Waals surface area contributed by atoms with Crippen molar-refractivity contribution in [2.75, 3.05) is 13.2 Å². The Hall–Kier alpha value is -1.60. The molecule has 2 aromatic carbocycles. The highest BCUT2D eigenvalue weighted by molar-refractivity contribution is 7.90. The fourth-order valence-electron chi connectivity index (χ4n) is 4.47. The number of hydrogen-bond donors (Lipinski definition) is 2. The second-order valence-electron chi connectivity index (χ2n) is 8.83. The average molecular weight is 463 g/mol. The number of ether oxygens (including phenoxy) is 1. The van der Waals surface area contributed by atoms with Crippen molar-refractivity contribution in [1.82, 2.24) is 4.72 Å². The van der Waals surface area contributed by atoms with Crippen molar-refractivity contribution in [2.45, 2.75) is 56.2 Å². The molecule has 5 nitrogen and oxygen atoms in total. The van der Waals surface area contributed by atoms with Crippen LogP contribution in [-0.4, -0.2) is 32.9 Å². The summed E-state index contributed by atoms with van der Waals surface area (Å²) in [5, 5.41) is 0.405. The maximum atomic E-state index is 12.3. The smallest absolute Gasteiger partial charge is 0.214 e. The third-order valence-electron chi connectivity index (χ3n) is 6.57. The van der Waals surface area contributed by atoms with Crippen LogP contribution in [0.5, 0.6) is 5.75 Å². The number of rotatable bonds is 9. The standard InChI is InChI=1S/C24H31ClN2O3S/c1-16(18-5-6-18)31(28,29)27-11-12-30-21-9-7-19-8-10-24(26)23(22(19)15-21)14-17-3-2-4-20(25)13-17/h2-4,7,9,13,15-16,18,23-24,27H,5-6,8,10-12,14,26H2,1H3. The average Bonchev–Trinajstić information content (AvgIpc) is 3.58. The van der Waals surface area contributed by atoms with E-state index in [9.17, 15) is 8.42 Å². The fourth-order valence-corrected chi connectivity index (χ4v) is 6.09. The molecule has 0 bridgehead atoms. The van der Waals surface area contributed by atoms with Crippen LogP contribution in [0.4, 0.5) is 0 Å². The summed E-state index contributed by atoms with van der Waals surface area (Å²) in [6.45, 7) is 2.34. The molecule has 0 heterocycles. The van der Waals surface area contributed by atoms with Crippen LogP contribution in [0.25, 0.3) is 0 Å². The lowest BCUT2D eigenvalue weighted by molar-refractivity contribution is 0.321. The molecule has 3 N–H and O–H groups in total. The number of nitrogens with one attached hydrogen (secondary N) is 1. The van der Waals surface area contributed by atoms with Crippen molar-refractivity contribution in [1.29, 1.82) is 0 Å². The van der Waals surface area contributed by atoms with Gasteiger partial charge in [-0.3, -0.25) is 0 Å².